The summed E-state index contributed by atoms with van der Waals surface area (Å²) in [5.74, 6) is 1.05. The zero-order valence-electron chi connectivity index (χ0n) is 15.5. The Morgan fingerprint density at radius 2 is 2.00 bits per heavy atom. The number of carbonyl (C=O) groups is 2. The van der Waals surface area contributed by atoms with Gasteiger partial charge < -0.3 is 9.64 Å². The first kappa shape index (κ1) is 17.5. The Balaban J connectivity index is 1.48. The van der Waals surface area contributed by atoms with Gasteiger partial charge in [0.25, 0.3) is 0 Å². The second kappa shape index (κ2) is 7.39. The predicted molar refractivity (Wildman–Crippen MR) is 104 cm³/mol. The molecule has 0 N–H and O–H groups in total. The van der Waals surface area contributed by atoms with Gasteiger partial charge in [0.15, 0.2) is 11.6 Å². The Hall–Kier alpha value is -2.88. The number of ether oxygens (including phenoxy) is 1. The molecule has 2 aliphatic heterocycles. The standard InChI is InChI=1S/C23H23NO3/c1-16(24-11-9-19(15-24)17-5-3-2-4-6-17)13-22(26)18-7-8-23-20(14-18)21(25)10-12-27-23/h2-8,13-14,19H,9-12,15H2,1H3/b16-13+. The molecule has 0 bridgehead atoms. The number of fused-ring (bicyclic) bond motifs is 1. The fraction of sp³-hybridized carbons (Fsp3) is 0.304. The molecule has 138 valence electrons. The number of allylic oxidation sites excluding steroid dienone is 2. The minimum atomic E-state index is -0.0724. The molecule has 4 rings (SSSR count). The van der Waals surface area contributed by atoms with Crippen molar-refractivity contribution in [1.82, 2.24) is 4.90 Å². The van der Waals surface area contributed by atoms with Crippen molar-refractivity contribution in [3.63, 3.8) is 0 Å². The van der Waals surface area contributed by atoms with Crippen molar-refractivity contribution in [2.24, 2.45) is 0 Å². The molecule has 1 atom stereocenters. The highest BCUT2D eigenvalue weighted by atomic mass is 16.5. The predicted octanol–water partition coefficient (Wildman–Crippen LogP) is 4.23. The van der Waals surface area contributed by atoms with Crippen LogP contribution in [0.2, 0.25) is 0 Å². The molecule has 1 fully saturated rings. The monoisotopic (exact) mass is 361 g/mol. The molecule has 2 aromatic carbocycles. The van der Waals surface area contributed by atoms with Crippen molar-refractivity contribution in [3.05, 3.63) is 77.0 Å². The molecule has 0 aromatic heterocycles. The van der Waals surface area contributed by atoms with E-state index < -0.39 is 0 Å². The van der Waals surface area contributed by atoms with E-state index in [1.165, 1.54) is 5.56 Å². The van der Waals surface area contributed by atoms with Crippen molar-refractivity contribution >= 4 is 11.6 Å². The Bertz CT molecular complexity index is 901. The third kappa shape index (κ3) is 3.65. The summed E-state index contributed by atoms with van der Waals surface area (Å²) < 4.78 is 5.49. The van der Waals surface area contributed by atoms with Gasteiger partial charge in [-0.15, -0.1) is 0 Å². The maximum Gasteiger partial charge on any atom is 0.187 e. The summed E-state index contributed by atoms with van der Waals surface area (Å²) in [6, 6.07) is 15.7. The Morgan fingerprint density at radius 1 is 1.19 bits per heavy atom. The van der Waals surface area contributed by atoms with Gasteiger partial charge in [-0.3, -0.25) is 9.59 Å². The highest BCUT2D eigenvalue weighted by Crippen LogP contribution is 2.30. The molecule has 1 unspecified atom stereocenters. The van der Waals surface area contributed by atoms with Crippen molar-refractivity contribution in [2.75, 3.05) is 19.7 Å². The molecular weight excluding hydrogens is 338 g/mol. The number of ketones is 2. The Kier molecular flexibility index (Phi) is 4.80. The van der Waals surface area contributed by atoms with Crippen LogP contribution < -0.4 is 4.74 Å². The van der Waals surface area contributed by atoms with Crippen LogP contribution in [0.25, 0.3) is 0 Å². The van der Waals surface area contributed by atoms with Gasteiger partial charge in [-0.05, 0) is 37.1 Å². The summed E-state index contributed by atoms with van der Waals surface area (Å²) in [7, 11) is 0. The summed E-state index contributed by atoms with van der Waals surface area (Å²) in [4.78, 5) is 27.0. The van der Waals surface area contributed by atoms with Crippen molar-refractivity contribution in [3.8, 4) is 5.75 Å². The SMILES string of the molecule is C/C(=C\C(=O)c1ccc2c(c1)C(=O)CCO2)N1CCC(c2ccccc2)C1. The summed E-state index contributed by atoms with van der Waals surface area (Å²) in [5, 5.41) is 0. The average molecular weight is 361 g/mol. The molecule has 0 radical (unpaired) electrons. The summed E-state index contributed by atoms with van der Waals surface area (Å²) in [6.45, 7) is 4.27. The van der Waals surface area contributed by atoms with E-state index in [-0.39, 0.29) is 11.6 Å². The molecule has 2 aliphatic rings. The van der Waals surface area contributed by atoms with Gasteiger partial charge in [-0.1, -0.05) is 30.3 Å². The first-order chi connectivity index (χ1) is 13.1. The zero-order valence-corrected chi connectivity index (χ0v) is 15.5. The maximum absolute atomic E-state index is 12.7. The summed E-state index contributed by atoms with van der Waals surface area (Å²) >= 11 is 0. The molecule has 4 nitrogen and oxygen atoms in total. The molecule has 27 heavy (non-hydrogen) atoms. The lowest BCUT2D eigenvalue weighted by atomic mass is 9.99. The van der Waals surface area contributed by atoms with Gasteiger partial charge >= 0.3 is 0 Å². The number of benzene rings is 2. The van der Waals surface area contributed by atoms with Crippen LogP contribution >= 0.6 is 0 Å². The van der Waals surface area contributed by atoms with E-state index in [1.807, 2.05) is 13.0 Å². The van der Waals surface area contributed by atoms with Crippen molar-refractivity contribution < 1.29 is 14.3 Å². The fourth-order valence-corrected chi connectivity index (χ4v) is 3.86. The molecule has 0 aliphatic carbocycles. The number of likely N-dealkylation sites (tertiary alicyclic amines) is 1. The molecule has 0 spiro atoms. The van der Waals surface area contributed by atoms with Crippen LogP contribution in [0.15, 0.2) is 60.3 Å². The number of carbonyl (C=O) groups excluding carboxylic acids is 2. The van der Waals surface area contributed by atoms with E-state index in [4.69, 9.17) is 4.74 Å². The van der Waals surface area contributed by atoms with Crippen LogP contribution in [0.5, 0.6) is 5.75 Å². The van der Waals surface area contributed by atoms with E-state index in [9.17, 15) is 9.59 Å². The highest BCUT2D eigenvalue weighted by molar-refractivity contribution is 6.08. The first-order valence-electron chi connectivity index (χ1n) is 9.44. The average Bonchev–Trinajstić information content (AvgIpc) is 3.19. The van der Waals surface area contributed by atoms with Gasteiger partial charge in [0, 0.05) is 42.8 Å². The second-order valence-corrected chi connectivity index (χ2v) is 7.22. The number of hydrogen-bond acceptors (Lipinski definition) is 4. The van der Waals surface area contributed by atoms with E-state index in [2.05, 4.69) is 29.2 Å². The minimum Gasteiger partial charge on any atom is -0.492 e. The fourth-order valence-electron chi connectivity index (χ4n) is 3.86. The smallest absolute Gasteiger partial charge is 0.187 e. The summed E-state index contributed by atoms with van der Waals surface area (Å²) in [6.07, 6.45) is 3.14. The van der Waals surface area contributed by atoms with Crippen LogP contribution in [0.1, 0.15) is 52.0 Å². The Labute approximate surface area is 159 Å². The normalized spacial score (nSPS) is 19.6. The molecule has 1 saturated heterocycles. The molecular formula is C23H23NO3. The van der Waals surface area contributed by atoms with Crippen LogP contribution in [0, 0.1) is 0 Å². The lowest BCUT2D eigenvalue weighted by Crippen LogP contribution is -2.19. The lowest BCUT2D eigenvalue weighted by Gasteiger charge is -2.20. The van der Waals surface area contributed by atoms with Gasteiger partial charge in [-0.25, -0.2) is 0 Å². The maximum atomic E-state index is 12.7. The van der Waals surface area contributed by atoms with Crippen molar-refractivity contribution in [1.29, 1.82) is 0 Å². The molecule has 0 saturated carbocycles. The number of hydrogen-bond donors (Lipinski definition) is 0. The summed E-state index contributed by atoms with van der Waals surface area (Å²) in [5.41, 5.74) is 3.38. The van der Waals surface area contributed by atoms with E-state index in [1.54, 1.807) is 24.3 Å². The largest absolute Gasteiger partial charge is 0.492 e. The van der Waals surface area contributed by atoms with Crippen LogP contribution in [-0.4, -0.2) is 36.2 Å². The highest BCUT2D eigenvalue weighted by Gasteiger charge is 2.24. The molecule has 2 heterocycles. The zero-order chi connectivity index (χ0) is 18.8. The van der Waals surface area contributed by atoms with Gasteiger partial charge in [0.1, 0.15) is 5.75 Å². The third-order valence-corrected chi connectivity index (χ3v) is 5.45. The Morgan fingerprint density at radius 3 is 2.81 bits per heavy atom. The second-order valence-electron chi connectivity index (χ2n) is 7.22. The van der Waals surface area contributed by atoms with Gasteiger partial charge in [-0.2, -0.15) is 0 Å². The first-order valence-corrected chi connectivity index (χ1v) is 9.44. The van der Waals surface area contributed by atoms with Gasteiger partial charge in [0.05, 0.1) is 12.2 Å². The number of rotatable bonds is 4. The van der Waals surface area contributed by atoms with E-state index in [0.717, 1.165) is 25.2 Å². The molecule has 4 heteroatoms. The molecule has 0 amide bonds. The van der Waals surface area contributed by atoms with Crippen LogP contribution in [0.3, 0.4) is 0 Å². The number of nitrogens with zero attached hydrogens (tertiary/aromatic N) is 1. The van der Waals surface area contributed by atoms with Gasteiger partial charge in [0.2, 0.25) is 0 Å². The van der Waals surface area contributed by atoms with E-state index >= 15 is 0 Å². The van der Waals surface area contributed by atoms with E-state index in [0.29, 0.717) is 35.8 Å². The van der Waals surface area contributed by atoms with Crippen LogP contribution in [0.4, 0.5) is 0 Å². The molecule has 2 aromatic rings. The topological polar surface area (TPSA) is 46.6 Å². The van der Waals surface area contributed by atoms with Crippen molar-refractivity contribution in [2.45, 2.75) is 25.7 Å². The third-order valence-electron chi connectivity index (χ3n) is 5.45. The van der Waals surface area contributed by atoms with Crippen LogP contribution in [-0.2, 0) is 0 Å². The minimum absolute atomic E-state index is 0.0387. The quantitative estimate of drug-likeness (QED) is 0.604. The lowest BCUT2D eigenvalue weighted by molar-refractivity contribution is 0.0933. The number of Topliss-reactive ketones (excluding diaryl/α,β-unsaturated/α-hetero) is 1.